The molecule has 1 aromatic rings. The Labute approximate surface area is 103 Å². The molecule has 0 unspecified atom stereocenters. The van der Waals surface area contributed by atoms with Crippen LogP contribution in [0.3, 0.4) is 0 Å². The zero-order valence-corrected chi connectivity index (χ0v) is 10.8. The van der Waals surface area contributed by atoms with Crippen molar-refractivity contribution in [2.45, 2.75) is 26.3 Å². The van der Waals surface area contributed by atoms with Crippen molar-refractivity contribution < 1.29 is 9.47 Å². The Kier molecular flexibility index (Phi) is 3.15. The van der Waals surface area contributed by atoms with E-state index in [1.54, 1.807) is 0 Å². The Bertz CT molecular complexity index is 391. The highest BCUT2D eigenvalue weighted by molar-refractivity contribution is 5.38. The third-order valence-electron chi connectivity index (χ3n) is 3.06. The lowest BCUT2D eigenvalue weighted by molar-refractivity contribution is -0.120. The summed E-state index contributed by atoms with van der Waals surface area (Å²) in [5.41, 5.74) is 6.96. The molecule has 3 heteroatoms. The van der Waals surface area contributed by atoms with E-state index in [-0.39, 0.29) is 11.0 Å². The molecule has 17 heavy (non-hydrogen) atoms. The average molecular weight is 235 g/mol. The molecule has 1 heterocycles. The summed E-state index contributed by atoms with van der Waals surface area (Å²) >= 11 is 0. The third kappa shape index (κ3) is 2.79. The van der Waals surface area contributed by atoms with Gasteiger partial charge in [-0.2, -0.15) is 0 Å². The molecule has 0 radical (unpaired) electrons. The quantitative estimate of drug-likeness (QED) is 0.871. The zero-order chi connectivity index (χ0) is 12.5. The predicted octanol–water partition coefficient (Wildman–Crippen LogP) is 2.30. The average Bonchev–Trinajstić information content (AvgIpc) is 2.23. The molecule has 0 aromatic heterocycles. The SMILES string of the molecule is CC1(COc2ccccc2C(C)(C)N)COC1. The Hall–Kier alpha value is -1.06. The van der Waals surface area contributed by atoms with Gasteiger partial charge in [-0.1, -0.05) is 25.1 Å². The van der Waals surface area contributed by atoms with Crippen molar-refractivity contribution in [3.8, 4) is 5.75 Å². The second-order valence-corrected chi connectivity index (χ2v) is 5.81. The Balaban J connectivity index is 2.10. The standard InChI is InChI=1S/C14H21NO2/c1-13(2,15)11-6-4-5-7-12(11)17-10-14(3)8-16-9-14/h4-7H,8-10,15H2,1-3H3. The number of hydrogen-bond donors (Lipinski definition) is 1. The summed E-state index contributed by atoms with van der Waals surface area (Å²) in [6.45, 7) is 8.39. The van der Waals surface area contributed by atoms with Gasteiger partial charge in [0.1, 0.15) is 5.75 Å². The van der Waals surface area contributed by atoms with Gasteiger partial charge in [-0.15, -0.1) is 0 Å². The summed E-state index contributed by atoms with van der Waals surface area (Å²) in [4.78, 5) is 0. The van der Waals surface area contributed by atoms with Gasteiger partial charge in [0.25, 0.3) is 0 Å². The summed E-state index contributed by atoms with van der Waals surface area (Å²) in [5.74, 6) is 0.883. The van der Waals surface area contributed by atoms with Crippen molar-refractivity contribution in [1.29, 1.82) is 0 Å². The highest BCUT2D eigenvalue weighted by Crippen LogP contribution is 2.31. The van der Waals surface area contributed by atoms with Crippen LogP contribution in [0.4, 0.5) is 0 Å². The minimum absolute atomic E-state index is 0.159. The minimum atomic E-state index is -0.381. The summed E-state index contributed by atoms with van der Waals surface area (Å²) in [6, 6.07) is 7.97. The van der Waals surface area contributed by atoms with E-state index in [1.165, 1.54) is 0 Å². The third-order valence-corrected chi connectivity index (χ3v) is 3.06. The van der Waals surface area contributed by atoms with Crippen LogP contribution in [0.25, 0.3) is 0 Å². The molecule has 2 rings (SSSR count). The van der Waals surface area contributed by atoms with Gasteiger partial charge in [-0.25, -0.2) is 0 Å². The van der Waals surface area contributed by atoms with E-state index in [4.69, 9.17) is 15.2 Å². The molecule has 0 amide bonds. The Morgan fingerprint density at radius 1 is 1.35 bits per heavy atom. The van der Waals surface area contributed by atoms with Gasteiger partial charge in [-0.05, 0) is 19.9 Å². The first kappa shape index (κ1) is 12.4. The van der Waals surface area contributed by atoms with Crippen LogP contribution in [-0.4, -0.2) is 19.8 Å². The Morgan fingerprint density at radius 3 is 2.53 bits per heavy atom. The van der Waals surface area contributed by atoms with E-state index in [9.17, 15) is 0 Å². The van der Waals surface area contributed by atoms with Gasteiger partial charge in [0.15, 0.2) is 0 Å². The van der Waals surface area contributed by atoms with E-state index in [1.807, 2.05) is 38.1 Å². The van der Waals surface area contributed by atoms with Crippen LogP contribution in [0.15, 0.2) is 24.3 Å². The van der Waals surface area contributed by atoms with Gasteiger partial charge in [0.05, 0.1) is 19.8 Å². The maximum absolute atomic E-state index is 6.14. The molecule has 0 spiro atoms. The van der Waals surface area contributed by atoms with Gasteiger partial charge in [-0.3, -0.25) is 0 Å². The first-order valence-corrected chi connectivity index (χ1v) is 6.00. The van der Waals surface area contributed by atoms with E-state index in [0.717, 1.165) is 24.5 Å². The molecule has 1 saturated heterocycles. The van der Waals surface area contributed by atoms with E-state index < -0.39 is 0 Å². The highest BCUT2D eigenvalue weighted by Gasteiger charge is 2.34. The molecule has 0 saturated carbocycles. The molecule has 1 aromatic carbocycles. The van der Waals surface area contributed by atoms with Crippen molar-refractivity contribution in [3.63, 3.8) is 0 Å². The lowest BCUT2D eigenvalue weighted by Gasteiger charge is -2.38. The number of hydrogen-bond acceptors (Lipinski definition) is 3. The molecule has 0 atom stereocenters. The van der Waals surface area contributed by atoms with Crippen molar-refractivity contribution >= 4 is 0 Å². The number of rotatable bonds is 4. The predicted molar refractivity (Wildman–Crippen MR) is 68.1 cm³/mol. The number of para-hydroxylation sites is 1. The molecular weight excluding hydrogens is 214 g/mol. The van der Waals surface area contributed by atoms with Crippen LogP contribution >= 0.6 is 0 Å². The van der Waals surface area contributed by atoms with Crippen LogP contribution in [0.5, 0.6) is 5.75 Å². The number of nitrogens with two attached hydrogens (primary N) is 1. The van der Waals surface area contributed by atoms with Crippen LogP contribution in [-0.2, 0) is 10.3 Å². The molecule has 94 valence electrons. The lowest BCUT2D eigenvalue weighted by Crippen LogP contribution is -2.44. The highest BCUT2D eigenvalue weighted by atomic mass is 16.5. The van der Waals surface area contributed by atoms with E-state index in [2.05, 4.69) is 6.92 Å². The van der Waals surface area contributed by atoms with Crippen molar-refractivity contribution in [1.82, 2.24) is 0 Å². The molecule has 2 N–H and O–H groups in total. The summed E-state index contributed by atoms with van der Waals surface area (Å²) in [5, 5.41) is 0. The lowest BCUT2D eigenvalue weighted by atomic mass is 9.90. The molecular formula is C14H21NO2. The Morgan fingerprint density at radius 2 is 2.00 bits per heavy atom. The second-order valence-electron chi connectivity index (χ2n) is 5.81. The van der Waals surface area contributed by atoms with Crippen LogP contribution in [0.2, 0.25) is 0 Å². The summed E-state index contributed by atoms with van der Waals surface area (Å²) in [6.07, 6.45) is 0. The van der Waals surface area contributed by atoms with Gasteiger partial charge in [0, 0.05) is 16.5 Å². The fourth-order valence-corrected chi connectivity index (χ4v) is 1.91. The van der Waals surface area contributed by atoms with E-state index >= 15 is 0 Å². The van der Waals surface area contributed by atoms with Crippen molar-refractivity contribution in [3.05, 3.63) is 29.8 Å². The summed E-state index contributed by atoms with van der Waals surface area (Å²) in [7, 11) is 0. The van der Waals surface area contributed by atoms with Gasteiger partial charge in [0.2, 0.25) is 0 Å². The molecule has 1 aliphatic rings. The smallest absolute Gasteiger partial charge is 0.124 e. The van der Waals surface area contributed by atoms with Crippen molar-refractivity contribution in [2.24, 2.45) is 11.1 Å². The van der Waals surface area contributed by atoms with Gasteiger partial charge < -0.3 is 15.2 Å². The monoisotopic (exact) mass is 235 g/mol. The number of ether oxygens (including phenoxy) is 2. The van der Waals surface area contributed by atoms with Crippen LogP contribution in [0, 0.1) is 5.41 Å². The fourth-order valence-electron chi connectivity index (χ4n) is 1.91. The topological polar surface area (TPSA) is 44.5 Å². The maximum Gasteiger partial charge on any atom is 0.124 e. The maximum atomic E-state index is 6.14. The molecule has 1 fully saturated rings. The molecule has 1 aliphatic heterocycles. The first-order chi connectivity index (χ1) is 7.91. The van der Waals surface area contributed by atoms with Gasteiger partial charge >= 0.3 is 0 Å². The van der Waals surface area contributed by atoms with Crippen LogP contribution in [0.1, 0.15) is 26.3 Å². The zero-order valence-electron chi connectivity index (χ0n) is 10.8. The molecule has 3 nitrogen and oxygen atoms in total. The largest absolute Gasteiger partial charge is 0.492 e. The number of benzene rings is 1. The fraction of sp³-hybridized carbons (Fsp3) is 0.571. The van der Waals surface area contributed by atoms with Crippen molar-refractivity contribution in [2.75, 3.05) is 19.8 Å². The normalized spacial score (nSPS) is 18.6. The van der Waals surface area contributed by atoms with Crippen LogP contribution < -0.4 is 10.5 Å². The summed E-state index contributed by atoms with van der Waals surface area (Å²) < 4.78 is 11.1. The first-order valence-electron chi connectivity index (χ1n) is 6.00. The molecule has 0 bridgehead atoms. The minimum Gasteiger partial charge on any atom is -0.492 e. The van der Waals surface area contributed by atoms with E-state index in [0.29, 0.717) is 6.61 Å². The molecule has 0 aliphatic carbocycles. The second kappa shape index (κ2) is 4.31.